The number of hydrogen-bond donors (Lipinski definition) is 1. The first-order valence-corrected chi connectivity index (χ1v) is 5.51. The summed E-state index contributed by atoms with van der Waals surface area (Å²) >= 11 is 0. The average Bonchev–Trinajstić information content (AvgIpc) is 2.16. The number of Topliss-reactive ketones (excluding diaryl/α,β-unsaturated/α-hetero) is 1. The van der Waals surface area contributed by atoms with Gasteiger partial charge in [-0.3, -0.25) is 4.79 Å². The van der Waals surface area contributed by atoms with Gasteiger partial charge in [0.2, 0.25) is 6.43 Å². The fourth-order valence-electron chi connectivity index (χ4n) is 2.36. The molecule has 0 atom stereocenters. The smallest absolute Gasteiger partial charge is 0.239 e. The molecule has 0 aromatic heterocycles. The Hall–Kier alpha value is -0.510. The zero-order valence-corrected chi connectivity index (χ0v) is 9.35. The number of halogens is 2. The maximum Gasteiger partial charge on any atom is 0.239 e. The van der Waals surface area contributed by atoms with Gasteiger partial charge in [-0.2, -0.15) is 0 Å². The molecule has 1 rings (SSSR count). The molecule has 2 nitrogen and oxygen atoms in total. The standard InChI is InChI=1S/C11H19F2NO/c1-8(2)10(15)11(7-9(12)13)3-5-14-6-4-11/h8-9,14H,3-7H2,1-2H3. The fraction of sp³-hybridized carbons (Fsp3) is 0.909. The van der Waals surface area contributed by atoms with Crippen LogP contribution in [-0.4, -0.2) is 25.3 Å². The van der Waals surface area contributed by atoms with E-state index in [1.807, 2.05) is 0 Å². The van der Waals surface area contributed by atoms with Gasteiger partial charge in [0.25, 0.3) is 0 Å². The molecule has 1 aliphatic rings. The van der Waals surface area contributed by atoms with Crippen LogP contribution >= 0.6 is 0 Å². The second-order valence-corrected chi connectivity index (χ2v) is 4.64. The van der Waals surface area contributed by atoms with Crippen LogP contribution in [0.1, 0.15) is 33.1 Å². The van der Waals surface area contributed by atoms with Crippen molar-refractivity contribution in [2.45, 2.75) is 39.5 Å². The number of hydrogen-bond acceptors (Lipinski definition) is 2. The lowest BCUT2D eigenvalue weighted by atomic mass is 9.70. The van der Waals surface area contributed by atoms with Crippen molar-refractivity contribution in [1.29, 1.82) is 0 Å². The topological polar surface area (TPSA) is 29.1 Å². The second kappa shape index (κ2) is 5.01. The van der Waals surface area contributed by atoms with Crippen molar-refractivity contribution in [2.75, 3.05) is 13.1 Å². The number of ketones is 1. The molecule has 4 heteroatoms. The molecule has 1 N–H and O–H groups in total. The van der Waals surface area contributed by atoms with Crippen LogP contribution in [0.4, 0.5) is 8.78 Å². The number of alkyl halides is 2. The second-order valence-electron chi connectivity index (χ2n) is 4.64. The van der Waals surface area contributed by atoms with Gasteiger partial charge in [-0.1, -0.05) is 13.8 Å². The van der Waals surface area contributed by atoms with Crippen molar-refractivity contribution in [3.05, 3.63) is 0 Å². The maximum atomic E-state index is 12.5. The summed E-state index contributed by atoms with van der Waals surface area (Å²) in [7, 11) is 0. The number of nitrogens with one attached hydrogen (secondary N) is 1. The molecule has 0 saturated carbocycles. The van der Waals surface area contributed by atoms with Gasteiger partial charge in [-0.15, -0.1) is 0 Å². The molecule has 0 aromatic rings. The summed E-state index contributed by atoms with van der Waals surface area (Å²) < 4.78 is 25.0. The van der Waals surface area contributed by atoms with Crippen molar-refractivity contribution in [3.63, 3.8) is 0 Å². The van der Waals surface area contributed by atoms with Crippen LogP contribution in [0.2, 0.25) is 0 Å². The lowest BCUT2D eigenvalue weighted by Gasteiger charge is -2.37. The molecular weight excluding hydrogens is 200 g/mol. The van der Waals surface area contributed by atoms with Crippen molar-refractivity contribution >= 4 is 5.78 Å². The highest BCUT2D eigenvalue weighted by atomic mass is 19.3. The summed E-state index contributed by atoms with van der Waals surface area (Å²) in [5.74, 6) is -0.147. The van der Waals surface area contributed by atoms with Gasteiger partial charge in [0.05, 0.1) is 0 Å². The van der Waals surface area contributed by atoms with E-state index in [-0.39, 0.29) is 18.1 Å². The van der Waals surface area contributed by atoms with E-state index in [4.69, 9.17) is 0 Å². The van der Waals surface area contributed by atoms with Crippen molar-refractivity contribution in [1.82, 2.24) is 5.32 Å². The van der Waals surface area contributed by atoms with Gasteiger partial charge >= 0.3 is 0 Å². The van der Waals surface area contributed by atoms with Gasteiger partial charge in [0.15, 0.2) is 0 Å². The van der Waals surface area contributed by atoms with Gasteiger partial charge < -0.3 is 5.32 Å². The quantitative estimate of drug-likeness (QED) is 0.785. The molecule has 1 aliphatic heterocycles. The Morgan fingerprint density at radius 2 is 1.87 bits per heavy atom. The third-order valence-electron chi connectivity index (χ3n) is 3.15. The third-order valence-corrected chi connectivity index (χ3v) is 3.15. The Morgan fingerprint density at radius 1 is 1.33 bits per heavy atom. The van der Waals surface area contributed by atoms with E-state index in [2.05, 4.69) is 5.32 Å². The van der Waals surface area contributed by atoms with E-state index < -0.39 is 11.8 Å². The molecule has 0 spiro atoms. The normalized spacial score (nSPS) is 20.9. The predicted octanol–water partition coefficient (Wildman–Crippen LogP) is 2.24. The molecule has 0 bridgehead atoms. The third kappa shape index (κ3) is 2.97. The van der Waals surface area contributed by atoms with Crippen LogP contribution in [0.25, 0.3) is 0 Å². The molecule has 1 saturated heterocycles. The highest BCUT2D eigenvalue weighted by Crippen LogP contribution is 2.38. The summed E-state index contributed by atoms with van der Waals surface area (Å²) in [5.41, 5.74) is -0.770. The Bertz CT molecular complexity index is 223. The van der Waals surface area contributed by atoms with Gasteiger partial charge in [-0.05, 0) is 25.9 Å². The van der Waals surface area contributed by atoms with Crippen LogP contribution in [0.15, 0.2) is 0 Å². The van der Waals surface area contributed by atoms with Gasteiger partial charge in [0, 0.05) is 17.8 Å². The SMILES string of the molecule is CC(C)C(=O)C1(CC(F)F)CCNCC1. The summed E-state index contributed by atoms with van der Waals surface area (Å²) in [4.78, 5) is 12.0. The fourth-order valence-corrected chi connectivity index (χ4v) is 2.36. The van der Waals surface area contributed by atoms with Gasteiger partial charge in [-0.25, -0.2) is 8.78 Å². The Morgan fingerprint density at radius 3 is 2.27 bits per heavy atom. The zero-order valence-electron chi connectivity index (χ0n) is 9.35. The molecule has 0 amide bonds. The lowest BCUT2D eigenvalue weighted by molar-refractivity contribution is -0.136. The van der Waals surface area contributed by atoms with Gasteiger partial charge in [0.1, 0.15) is 5.78 Å². The van der Waals surface area contributed by atoms with Crippen LogP contribution in [0.3, 0.4) is 0 Å². The molecule has 0 aromatic carbocycles. The number of piperidine rings is 1. The first-order valence-electron chi connectivity index (χ1n) is 5.51. The molecule has 1 fully saturated rings. The zero-order chi connectivity index (χ0) is 11.5. The summed E-state index contributed by atoms with van der Waals surface area (Å²) in [5, 5.41) is 3.11. The minimum Gasteiger partial charge on any atom is -0.317 e. The van der Waals surface area contributed by atoms with Crippen LogP contribution in [0, 0.1) is 11.3 Å². The van der Waals surface area contributed by atoms with E-state index in [9.17, 15) is 13.6 Å². The van der Waals surface area contributed by atoms with Crippen LogP contribution in [-0.2, 0) is 4.79 Å². The predicted molar refractivity (Wildman–Crippen MR) is 55.0 cm³/mol. The Kier molecular flexibility index (Phi) is 4.20. The Balaban J connectivity index is 2.79. The minimum atomic E-state index is -2.38. The highest BCUT2D eigenvalue weighted by Gasteiger charge is 2.42. The van der Waals surface area contributed by atoms with E-state index >= 15 is 0 Å². The van der Waals surface area contributed by atoms with Crippen molar-refractivity contribution < 1.29 is 13.6 Å². The monoisotopic (exact) mass is 219 g/mol. The first kappa shape index (κ1) is 12.6. The van der Waals surface area contributed by atoms with Crippen molar-refractivity contribution in [2.24, 2.45) is 11.3 Å². The number of carbonyl (C=O) groups excluding carboxylic acids is 1. The molecule has 0 aliphatic carbocycles. The highest BCUT2D eigenvalue weighted by molar-refractivity contribution is 5.86. The van der Waals surface area contributed by atoms with E-state index in [0.717, 1.165) is 0 Å². The van der Waals surface area contributed by atoms with E-state index in [1.54, 1.807) is 13.8 Å². The van der Waals surface area contributed by atoms with Crippen LogP contribution < -0.4 is 5.32 Å². The largest absolute Gasteiger partial charge is 0.317 e. The number of carbonyl (C=O) groups is 1. The van der Waals surface area contributed by atoms with E-state index in [1.165, 1.54) is 0 Å². The molecule has 15 heavy (non-hydrogen) atoms. The summed E-state index contributed by atoms with van der Waals surface area (Å²) in [6.45, 7) is 4.92. The molecule has 0 radical (unpaired) electrons. The van der Waals surface area contributed by atoms with Crippen LogP contribution in [0.5, 0.6) is 0 Å². The maximum absolute atomic E-state index is 12.5. The average molecular weight is 219 g/mol. The number of rotatable bonds is 4. The summed E-state index contributed by atoms with van der Waals surface area (Å²) in [6.07, 6.45) is -1.56. The summed E-state index contributed by atoms with van der Waals surface area (Å²) in [6, 6.07) is 0. The molecular formula is C11H19F2NO. The van der Waals surface area contributed by atoms with E-state index in [0.29, 0.717) is 25.9 Å². The minimum absolute atomic E-state index is 0.00398. The molecule has 1 heterocycles. The lowest BCUT2D eigenvalue weighted by Crippen LogP contribution is -2.45. The first-order chi connectivity index (χ1) is 6.98. The molecule has 0 unspecified atom stereocenters. The molecule has 88 valence electrons. The van der Waals surface area contributed by atoms with Crippen molar-refractivity contribution in [3.8, 4) is 0 Å². The Labute approximate surface area is 89.4 Å².